The number of primary amides is 1. The summed E-state index contributed by atoms with van der Waals surface area (Å²) in [6, 6.07) is 9.80. The van der Waals surface area contributed by atoms with Gasteiger partial charge in [0.05, 0.1) is 12.0 Å². The molecule has 1 fully saturated rings. The zero-order valence-electron chi connectivity index (χ0n) is 19.2. The van der Waals surface area contributed by atoms with Crippen LogP contribution in [-0.4, -0.2) is 51.3 Å². The van der Waals surface area contributed by atoms with Gasteiger partial charge in [0.15, 0.2) is 18.1 Å². The van der Waals surface area contributed by atoms with E-state index in [0.29, 0.717) is 41.4 Å². The van der Waals surface area contributed by atoms with Crippen molar-refractivity contribution in [3.05, 3.63) is 53.6 Å². The van der Waals surface area contributed by atoms with Gasteiger partial charge in [0, 0.05) is 24.9 Å². The molecular formula is C24H29N3O6S. The molecular weight excluding hydrogens is 458 g/mol. The summed E-state index contributed by atoms with van der Waals surface area (Å²) < 4.78 is 38.2. The van der Waals surface area contributed by atoms with Crippen LogP contribution < -0.4 is 20.5 Å². The molecule has 3 N–H and O–H groups in total. The van der Waals surface area contributed by atoms with Crippen LogP contribution in [0.2, 0.25) is 0 Å². The molecule has 0 unspecified atom stereocenters. The van der Waals surface area contributed by atoms with Crippen LogP contribution >= 0.6 is 0 Å². The zero-order chi connectivity index (χ0) is 24.7. The summed E-state index contributed by atoms with van der Waals surface area (Å²) in [5, 5.41) is 2.71. The molecule has 1 saturated heterocycles. The van der Waals surface area contributed by atoms with Gasteiger partial charge in [0.25, 0.3) is 5.91 Å². The third-order valence-corrected chi connectivity index (χ3v) is 7.41. The maximum absolute atomic E-state index is 13.1. The van der Waals surface area contributed by atoms with Crippen molar-refractivity contribution in [2.45, 2.75) is 31.1 Å². The first-order chi connectivity index (χ1) is 16.2. The molecule has 182 valence electrons. The van der Waals surface area contributed by atoms with E-state index in [1.54, 1.807) is 43.3 Å². The molecule has 0 saturated carbocycles. The number of hydrogen-bond donors (Lipinski definition) is 2. The maximum atomic E-state index is 13.1. The van der Waals surface area contributed by atoms with E-state index in [1.165, 1.54) is 23.6 Å². The molecule has 0 aliphatic carbocycles. The van der Waals surface area contributed by atoms with Gasteiger partial charge in [-0.25, -0.2) is 8.42 Å². The topological polar surface area (TPSA) is 128 Å². The lowest BCUT2D eigenvalue weighted by Crippen LogP contribution is -2.36. The number of aryl methyl sites for hydroxylation is 1. The highest BCUT2D eigenvalue weighted by Gasteiger charge is 2.27. The molecule has 10 heteroatoms. The normalized spacial score (nSPS) is 14.6. The van der Waals surface area contributed by atoms with Crippen LogP contribution in [0, 0.1) is 6.92 Å². The Labute approximate surface area is 199 Å². The molecule has 1 heterocycles. The lowest BCUT2D eigenvalue weighted by atomic mass is 10.2. The minimum atomic E-state index is -3.62. The van der Waals surface area contributed by atoms with Crippen LogP contribution in [-0.2, 0) is 19.6 Å². The van der Waals surface area contributed by atoms with Crippen molar-refractivity contribution in [2.24, 2.45) is 5.73 Å². The van der Waals surface area contributed by atoms with Crippen molar-refractivity contribution in [1.82, 2.24) is 4.31 Å². The number of rotatable bonds is 9. The van der Waals surface area contributed by atoms with Crippen molar-refractivity contribution in [1.29, 1.82) is 0 Å². The Hall–Kier alpha value is -3.37. The van der Waals surface area contributed by atoms with Crippen LogP contribution in [0.25, 0.3) is 6.08 Å². The maximum Gasteiger partial charge on any atom is 0.255 e. The first-order valence-electron chi connectivity index (χ1n) is 10.9. The van der Waals surface area contributed by atoms with Gasteiger partial charge in [-0.1, -0.05) is 18.6 Å². The van der Waals surface area contributed by atoms with E-state index in [2.05, 4.69) is 5.32 Å². The van der Waals surface area contributed by atoms with Crippen molar-refractivity contribution in [3.63, 3.8) is 0 Å². The summed E-state index contributed by atoms with van der Waals surface area (Å²) in [7, 11) is -2.16. The van der Waals surface area contributed by atoms with Crippen LogP contribution in [0.3, 0.4) is 0 Å². The molecule has 34 heavy (non-hydrogen) atoms. The van der Waals surface area contributed by atoms with Gasteiger partial charge in [-0.15, -0.1) is 0 Å². The molecule has 2 aromatic rings. The largest absolute Gasteiger partial charge is 0.493 e. The van der Waals surface area contributed by atoms with Crippen molar-refractivity contribution in [3.8, 4) is 11.5 Å². The molecule has 1 aliphatic rings. The molecule has 2 amide bonds. The average molecular weight is 488 g/mol. The van der Waals surface area contributed by atoms with Gasteiger partial charge in [-0.2, -0.15) is 4.31 Å². The number of carbonyl (C=O) groups excluding carboxylic acids is 2. The summed E-state index contributed by atoms with van der Waals surface area (Å²) in [4.78, 5) is 23.6. The summed E-state index contributed by atoms with van der Waals surface area (Å²) in [6.45, 7) is 2.49. The Kier molecular flexibility index (Phi) is 8.30. The SMILES string of the molecule is COc1cc(/C=C/C(=O)Nc2ccc(C)c(S(=O)(=O)N3CCCCC3)c2)ccc1OCC(N)=O. The number of nitrogens with one attached hydrogen (secondary N) is 1. The quantitative estimate of drug-likeness (QED) is 0.524. The fourth-order valence-corrected chi connectivity index (χ4v) is 5.38. The summed E-state index contributed by atoms with van der Waals surface area (Å²) in [6.07, 6.45) is 5.64. The summed E-state index contributed by atoms with van der Waals surface area (Å²) >= 11 is 0. The predicted octanol–water partition coefficient (Wildman–Crippen LogP) is 2.69. The smallest absolute Gasteiger partial charge is 0.255 e. The lowest BCUT2D eigenvalue weighted by molar-refractivity contribution is -0.120. The number of amides is 2. The Balaban J connectivity index is 1.71. The van der Waals surface area contributed by atoms with Gasteiger partial charge in [-0.05, 0) is 61.2 Å². The van der Waals surface area contributed by atoms with Gasteiger partial charge < -0.3 is 20.5 Å². The highest BCUT2D eigenvalue weighted by atomic mass is 32.2. The third-order valence-electron chi connectivity index (χ3n) is 5.37. The number of benzene rings is 2. The highest BCUT2D eigenvalue weighted by Crippen LogP contribution is 2.29. The minimum absolute atomic E-state index is 0.201. The first kappa shape index (κ1) is 25.3. The van der Waals surface area contributed by atoms with E-state index in [4.69, 9.17) is 15.2 Å². The Morgan fingerprint density at radius 1 is 1.09 bits per heavy atom. The average Bonchev–Trinajstić information content (AvgIpc) is 2.83. The number of nitrogens with two attached hydrogens (primary N) is 1. The number of hydrogen-bond acceptors (Lipinski definition) is 6. The highest BCUT2D eigenvalue weighted by molar-refractivity contribution is 7.89. The van der Waals surface area contributed by atoms with Crippen LogP contribution in [0.4, 0.5) is 5.69 Å². The second-order valence-corrected chi connectivity index (χ2v) is 9.84. The number of carbonyl (C=O) groups is 2. The van der Waals surface area contributed by atoms with Crippen LogP contribution in [0.5, 0.6) is 11.5 Å². The second kappa shape index (κ2) is 11.2. The van der Waals surface area contributed by atoms with Crippen LogP contribution in [0.15, 0.2) is 47.4 Å². The minimum Gasteiger partial charge on any atom is -0.493 e. The molecule has 0 spiro atoms. The number of nitrogens with zero attached hydrogens (tertiary/aromatic N) is 1. The first-order valence-corrected chi connectivity index (χ1v) is 12.3. The standard InChI is InChI=1S/C24H29N3O6S/c1-17-6-9-19(15-22(17)34(30,31)27-12-4-3-5-13-27)26-24(29)11-8-18-7-10-20(21(14-18)32-2)33-16-23(25)28/h6-11,14-15H,3-5,12-13,16H2,1-2H3,(H2,25,28)(H,26,29)/b11-8+. The molecule has 1 aliphatic heterocycles. The van der Waals surface area contributed by atoms with E-state index in [-0.39, 0.29) is 11.5 Å². The Bertz CT molecular complexity index is 1190. The molecule has 0 bridgehead atoms. The number of sulfonamides is 1. The molecule has 0 aromatic heterocycles. The van der Waals surface area contributed by atoms with E-state index in [1.807, 2.05) is 0 Å². The lowest BCUT2D eigenvalue weighted by Gasteiger charge is -2.26. The van der Waals surface area contributed by atoms with Crippen molar-refractivity contribution in [2.75, 3.05) is 32.1 Å². The van der Waals surface area contributed by atoms with Gasteiger partial charge >= 0.3 is 0 Å². The van der Waals surface area contributed by atoms with Crippen molar-refractivity contribution < 1.29 is 27.5 Å². The van der Waals surface area contributed by atoms with E-state index in [0.717, 1.165) is 19.3 Å². The molecule has 2 aromatic carbocycles. The van der Waals surface area contributed by atoms with Crippen molar-refractivity contribution >= 4 is 33.6 Å². The molecule has 9 nitrogen and oxygen atoms in total. The fraction of sp³-hybridized carbons (Fsp3) is 0.333. The fourth-order valence-electron chi connectivity index (χ4n) is 3.61. The number of piperidine rings is 1. The Morgan fingerprint density at radius 2 is 1.82 bits per heavy atom. The predicted molar refractivity (Wildman–Crippen MR) is 129 cm³/mol. The molecule has 3 rings (SSSR count). The second-order valence-electron chi connectivity index (χ2n) is 7.93. The van der Waals surface area contributed by atoms with E-state index in [9.17, 15) is 18.0 Å². The van der Waals surface area contributed by atoms with Gasteiger partial charge in [0.1, 0.15) is 0 Å². The molecule has 0 radical (unpaired) electrons. The Morgan fingerprint density at radius 3 is 2.50 bits per heavy atom. The molecule has 0 atom stereocenters. The monoisotopic (exact) mass is 487 g/mol. The van der Waals surface area contributed by atoms with Gasteiger partial charge in [-0.3, -0.25) is 9.59 Å². The van der Waals surface area contributed by atoms with Crippen LogP contribution in [0.1, 0.15) is 30.4 Å². The summed E-state index contributed by atoms with van der Waals surface area (Å²) in [5.41, 5.74) is 6.77. The van der Waals surface area contributed by atoms with E-state index < -0.39 is 21.8 Å². The third kappa shape index (κ3) is 6.36. The number of ether oxygens (including phenoxy) is 2. The number of anilines is 1. The van der Waals surface area contributed by atoms with Gasteiger partial charge in [0.2, 0.25) is 15.9 Å². The summed E-state index contributed by atoms with van der Waals surface area (Å²) in [5.74, 6) is -0.288. The zero-order valence-corrected chi connectivity index (χ0v) is 20.1. The van der Waals surface area contributed by atoms with E-state index >= 15 is 0 Å². The number of methoxy groups -OCH3 is 1.